The zero-order valence-corrected chi connectivity index (χ0v) is 18.0. The lowest BCUT2D eigenvalue weighted by atomic mass is 10.0. The van der Waals surface area contributed by atoms with Crippen molar-refractivity contribution in [2.24, 2.45) is 0 Å². The Morgan fingerprint density at radius 1 is 1.00 bits per heavy atom. The van der Waals surface area contributed by atoms with E-state index in [9.17, 15) is 9.59 Å². The summed E-state index contributed by atoms with van der Waals surface area (Å²) < 4.78 is 5.92. The second-order valence-corrected chi connectivity index (χ2v) is 7.57. The van der Waals surface area contributed by atoms with Gasteiger partial charge < -0.3 is 15.4 Å². The number of nitrogens with zero attached hydrogens (tertiary/aromatic N) is 1. The van der Waals surface area contributed by atoms with Gasteiger partial charge in [0.25, 0.3) is 11.8 Å². The SMILES string of the molecule is CC(Oc1ccccc1C(C)C)C(=O)Nc1cccc(CNC(=O)c2cccnc2)c1. The molecule has 0 saturated carbocycles. The molecule has 0 aliphatic rings. The number of carbonyl (C=O) groups excluding carboxylic acids is 2. The first kappa shape index (κ1) is 22.0. The predicted molar refractivity (Wildman–Crippen MR) is 121 cm³/mol. The molecule has 1 heterocycles. The summed E-state index contributed by atoms with van der Waals surface area (Å²) in [4.78, 5) is 28.8. The lowest BCUT2D eigenvalue weighted by Crippen LogP contribution is -2.30. The van der Waals surface area contributed by atoms with Crippen molar-refractivity contribution < 1.29 is 14.3 Å². The molecule has 0 radical (unpaired) electrons. The van der Waals surface area contributed by atoms with E-state index in [1.165, 1.54) is 6.20 Å². The van der Waals surface area contributed by atoms with E-state index in [1.54, 1.807) is 31.3 Å². The molecule has 0 aliphatic carbocycles. The van der Waals surface area contributed by atoms with Gasteiger partial charge >= 0.3 is 0 Å². The third kappa shape index (κ3) is 6.15. The highest BCUT2D eigenvalue weighted by Crippen LogP contribution is 2.27. The molecule has 6 heteroatoms. The van der Waals surface area contributed by atoms with E-state index < -0.39 is 6.10 Å². The number of hydrogen-bond donors (Lipinski definition) is 2. The fourth-order valence-electron chi connectivity index (χ4n) is 3.09. The Morgan fingerprint density at radius 3 is 2.55 bits per heavy atom. The van der Waals surface area contributed by atoms with Gasteiger partial charge in [0.2, 0.25) is 0 Å². The number of amides is 2. The van der Waals surface area contributed by atoms with Gasteiger partial charge in [0.05, 0.1) is 5.56 Å². The van der Waals surface area contributed by atoms with Crippen molar-refractivity contribution in [3.05, 3.63) is 89.7 Å². The third-order valence-corrected chi connectivity index (χ3v) is 4.79. The molecule has 0 spiro atoms. The minimum Gasteiger partial charge on any atom is -0.481 e. The molecule has 1 unspecified atom stereocenters. The summed E-state index contributed by atoms with van der Waals surface area (Å²) in [6.07, 6.45) is 2.48. The maximum atomic E-state index is 12.6. The summed E-state index contributed by atoms with van der Waals surface area (Å²) in [5.41, 5.74) is 3.08. The van der Waals surface area contributed by atoms with Crippen LogP contribution in [0.4, 0.5) is 5.69 Å². The number of anilines is 1. The Kier molecular flexibility index (Phi) is 7.38. The Balaban J connectivity index is 1.59. The standard InChI is InChI=1S/C25H27N3O3/c1-17(2)22-11-4-5-12-23(22)31-18(3)24(29)28-21-10-6-8-19(14-21)15-27-25(30)20-9-7-13-26-16-20/h4-14,16-18H,15H2,1-3H3,(H,27,30)(H,28,29). The molecule has 0 fully saturated rings. The van der Waals surface area contributed by atoms with Crippen LogP contribution in [0.25, 0.3) is 0 Å². The van der Waals surface area contributed by atoms with E-state index in [2.05, 4.69) is 29.5 Å². The van der Waals surface area contributed by atoms with Crippen LogP contribution in [0.3, 0.4) is 0 Å². The largest absolute Gasteiger partial charge is 0.481 e. The Morgan fingerprint density at radius 2 is 1.81 bits per heavy atom. The zero-order valence-electron chi connectivity index (χ0n) is 18.0. The van der Waals surface area contributed by atoms with Crippen LogP contribution in [-0.4, -0.2) is 22.9 Å². The minimum atomic E-state index is -0.658. The molecule has 3 rings (SSSR count). The average Bonchev–Trinajstić information content (AvgIpc) is 2.78. The van der Waals surface area contributed by atoms with Crippen molar-refractivity contribution in [3.63, 3.8) is 0 Å². The number of ether oxygens (including phenoxy) is 1. The van der Waals surface area contributed by atoms with Gasteiger partial charge in [0.15, 0.2) is 6.10 Å². The average molecular weight is 418 g/mol. The molecule has 0 saturated heterocycles. The maximum Gasteiger partial charge on any atom is 0.265 e. The van der Waals surface area contributed by atoms with E-state index >= 15 is 0 Å². The smallest absolute Gasteiger partial charge is 0.265 e. The summed E-state index contributed by atoms with van der Waals surface area (Å²) in [5, 5.41) is 5.74. The number of pyridine rings is 1. The van der Waals surface area contributed by atoms with Gasteiger partial charge in [-0.2, -0.15) is 0 Å². The van der Waals surface area contributed by atoms with E-state index in [0.29, 0.717) is 29.5 Å². The Hall–Kier alpha value is -3.67. The van der Waals surface area contributed by atoms with Crippen LogP contribution in [-0.2, 0) is 11.3 Å². The molecule has 31 heavy (non-hydrogen) atoms. The normalized spacial score (nSPS) is 11.6. The molecular weight excluding hydrogens is 390 g/mol. The van der Waals surface area contributed by atoms with Crippen molar-refractivity contribution in [2.75, 3.05) is 5.32 Å². The van der Waals surface area contributed by atoms with Crippen molar-refractivity contribution in [3.8, 4) is 5.75 Å². The summed E-state index contributed by atoms with van der Waals surface area (Å²) in [6, 6.07) is 18.5. The first-order valence-electron chi connectivity index (χ1n) is 10.3. The van der Waals surface area contributed by atoms with Crippen LogP contribution in [0, 0.1) is 0 Å². The van der Waals surface area contributed by atoms with Crippen molar-refractivity contribution in [1.29, 1.82) is 0 Å². The van der Waals surface area contributed by atoms with Crippen LogP contribution in [0.5, 0.6) is 5.75 Å². The molecule has 1 atom stereocenters. The van der Waals surface area contributed by atoms with Gasteiger partial charge in [-0.25, -0.2) is 0 Å². The number of para-hydroxylation sites is 1. The number of benzene rings is 2. The first-order valence-corrected chi connectivity index (χ1v) is 10.3. The predicted octanol–water partition coefficient (Wildman–Crippen LogP) is 4.54. The van der Waals surface area contributed by atoms with Crippen LogP contribution in [0.1, 0.15) is 48.2 Å². The summed E-state index contributed by atoms with van der Waals surface area (Å²) in [7, 11) is 0. The monoisotopic (exact) mass is 417 g/mol. The maximum absolute atomic E-state index is 12.6. The zero-order chi connectivity index (χ0) is 22.2. The highest BCUT2D eigenvalue weighted by Gasteiger charge is 2.17. The molecule has 1 aromatic heterocycles. The second kappa shape index (κ2) is 10.4. The van der Waals surface area contributed by atoms with Crippen molar-refractivity contribution in [2.45, 2.75) is 39.3 Å². The highest BCUT2D eigenvalue weighted by molar-refractivity contribution is 5.94. The van der Waals surface area contributed by atoms with Gasteiger partial charge in [-0.3, -0.25) is 14.6 Å². The molecule has 160 valence electrons. The van der Waals surface area contributed by atoms with Crippen LogP contribution < -0.4 is 15.4 Å². The van der Waals surface area contributed by atoms with Gasteiger partial charge in [-0.1, -0.05) is 44.2 Å². The van der Waals surface area contributed by atoms with Gasteiger partial charge in [0, 0.05) is 24.6 Å². The molecule has 6 nitrogen and oxygen atoms in total. The number of rotatable bonds is 8. The van der Waals surface area contributed by atoms with Crippen LogP contribution in [0.15, 0.2) is 73.1 Å². The molecule has 2 amide bonds. The number of carbonyl (C=O) groups is 2. The summed E-state index contributed by atoms with van der Waals surface area (Å²) in [5.74, 6) is 0.570. The number of nitrogens with one attached hydrogen (secondary N) is 2. The van der Waals surface area contributed by atoms with E-state index in [4.69, 9.17) is 4.74 Å². The second-order valence-electron chi connectivity index (χ2n) is 7.57. The molecule has 2 N–H and O–H groups in total. The molecular formula is C25H27N3O3. The Labute approximate surface area is 182 Å². The molecule has 2 aromatic carbocycles. The van der Waals surface area contributed by atoms with E-state index in [-0.39, 0.29) is 11.8 Å². The van der Waals surface area contributed by atoms with Crippen molar-refractivity contribution in [1.82, 2.24) is 10.3 Å². The summed E-state index contributed by atoms with van der Waals surface area (Å²) in [6.45, 7) is 6.24. The quantitative estimate of drug-likeness (QED) is 0.564. The number of hydrogen-bond acceptors (Lipinski definition) is 4. The van der Waals surface area contributed by atoms with E-state index in [1.807, 2.05) is 42.5 Å². The fourth-order valence-corrected chi connectivity index (χ4v) is 3.09. The molecule has 0 aliphatic heterocycles. The number of aromatic nitrogens is 1. The Bertz CT molecular complexity index is 1030. The highest BCUT2D eigenvalue weighted by atomic mass is 16.5. The van der Waals surface area contributed by atoms with Crippen LogP contribution >= 0.6 is 0 Å². The first-order chi connectivity index (χ1) is 14.9. The van der Waals surface area contributed by atoms with Gasteiger partial charge in [-0.15, -0.1) is 0 Å². The lowest BCUT2D eigenvalue weighted by Gasteiger charge is -2.19. The van der Waals surface area contributed by atoms with Gasteiger partial charge in [-0.05, 0) is 54.3 Å². The fraction of sp³-hybridized carbons (Fsp3) is 0.240. The molecule has 3 aromatic rings. The topological polar surface area (TPSA) is 80.3 Å². The van der Waals surface area contributed by atoms with Crippen molar-refractivity contribution >= 4 is 17.5 Å². The minimum absolute atomic E-state index is 0.201. The molecule has 0 bridgehead atoms. The third-order valence-electron chi connectivity index (χ3n) is 4.79. The van der Waals surface area contributed by atoms with Crippen LogP contribution in [0.2, 0.25) is 0 Å². The van der Waals surface area contributed by atoms with Gasteiger partial charge in [0.1, 0.15) is 5.75 Å². The van der Waals surface area contributed by atoms with E-state index in [0.717, 1.165) is 11.1 Å². The summed E-state index contributed by atoms with van der Waals surface area (Å²) >= 11 is 0. The lowest BCUT2D eigenvalue weighted by molar-refractivity contribution is -0.122.